The van der Waals surface area contributed by atoms with E-state index in [1.807, 2.05) is 6.92 Å². The molecular formula is C9H20N2O2. The summed E-state index contributed by atoms with van der Waals surface area (Å²) in [6, 6.07) is 0.283. The zero-order chi connectivity index (χ0) is 10.1. The summed E-state index contributed by atoms with van der Waals surface area (Å²) in [5.41, 5.74) is 7.67. The van der Waals surface area contributed by atoms with Crippen molar-refractivity contribution in [1.82, 2.24) is 5.48 Å². The quantitative estimate of drug-likeness (QED) is 0.440. The fourth-order valence-corrected chi connectivity index (χ4v) is 1.01. The lowest BCUT2D eigenvalue weighted by molar-refractivity contribution is -0.126. The maximum absolute atomic E-state index is 10.3. The Bertz CT molecular complexity index is 140. The summed E-state index contributed by atoms with van der Waals surface area (Å²) in [7, 11) is 0. The number of hydroxylamine groups is 1. The highest BCUT2D eigenvalue weighted by Crippen LogP contribution is 2.02. The molecule has 0 aromatic rings. The van der Waals surface area contributed by atoms with Crippen LogP contribution in [0.15, 0.2) is 0 Å². The minimum Gasteiger partial charge on any atom is -0.368 e. The Hall–Kier alpha value is -0.610. The van der Waals surface area contributed by atoms with Crippen LogP contribution >= 0.6 is 0 Å². The summed E-state index contributed by atoms with van der Waals surface area (Å²) in [6.07, 6.45) is 4.70. The summed E-state index contributed by atoms with van der Waals surface area (Å²) in [5, 5.41) is 0. The second-order valence-corrected chi connectivity index (χ2v) is 3.27. The van der Waals surface area contributed by atoms with Gasteiger partial charge in [0, 0.05) is 6.04 Å². The van der Waals surface area contributed by atoms with Crippen molar-refractivity contribution in [2.75, 3.05) is 6.61 Å². The average Bonchev–Trinajstić information content (AvgIpc) is 2.04. The van der Waals surface area contributed by atoms with E-state index in [0.29, 0.717) is 0 Å². The number of hydrogen-bond donors (Lipinski definition) is 2. The lowest BCUT2D eigenvalue weighted by Crippen LogP contribution is -2.30. The summed E-state index contributed by atoms with van der Waals surface area (Å²) in [4.78, 5) is 15.2. The summed E-state index contributed by atoms with van der Waals surface area (Å²) in [6.45, 7) is 4.14. The number of rotatable bonds is 8. The number of amides is 1. The Morgan fingerprint density at radius 2 is 2.23 bits per heavy atom. The molecule has 0 fully saturated rings. The smallest absolute Gasteiger partial charge is 0.245 e. The summed E-state index contributed by atoms with van der Waals surface area (Å²) in [5.74, 6) is -0.451. The molecule has 0 aromatic heterocycles. The van der Waals surface area contributed by atoms with Gasteiger partial charge in [-0.15, -0.1) is 0 Å². The van der Waals surface area contributed by atoms with Crippen LogP contribution in [-0.4, -0.2) is 18.6 Å². The fourth-order valence-electron chi connectivity index (χ4n) is 1.01. The van der Waals surface area contributed by atoms with E-state index in [1.165, 1.54) is 19.3 Å². The lowest BCUT2D eigenvalue weighted by atomic mass is 10.1. The maximum Gasteiger partial charge on any atom is 0.245 e. The van der Waals surface area contributed by atoms with Gasteiger partial charge in [0.15, 0.2) is 0 Å². The van der Waals surface area contributed by atoms with Crippen LogP contribution < -0.4 is 11.2 Å². The molecule has 1 amide bonds. The van der Waals surface area contributed by atoms with Gasteiger partial charge in [-0.2, -0.15) is 5.48 Å². The molecule has 0 saturated carbocycles. The molecule has 0 aliphatic heterocycles. The van der Waals surface area contributed by atoms with Crippen molar-refractivity contribution in [3.63, 3.8) is 0 Å². The molecule has 4 nitrogen and oxygen atoms in total. The molecule has 3 N–H and O–H groups in total. The summed E-state index contributed by atoms with van der Waals surface area (Å²) >= 11 is 0. The van der Waals surface area contributed by atoms with Crippen molar-refractivity contribution in [2.45, 2.75) is 45.6 Å². The van der Waals surface area contributed by atoms with Crippen molar-refractivity contribution >= 4 is 5.91 Å². The lowest BCUT2D eigenvalue weighted by Gasteiger charge is -2.12. The van der Waals surface area contributed by atoms with Crippen molar-refractivity contribution in [1.29, 1.82) is 0 Å². The van der Waals surface area contributed by atoms with Gasteiger partial charge in [-0.25, -0.2) is 0 Å². The second kappa shape index (κ2) is 8.01. The van der Waals surface area contributed by atoms with Crippen LogP contribution in [0.2, 0.25) is 0 Å². The fraction of sp³-hybridized carbons (Fsp3) is 0.889. The predicted molar refractivity (Wildman–Crippen MR) is 51.9 cm³/mol. The van der Waals surface area contributed by atoms with E-state index in [0.717, 1.165) is 6.42 Å². The first-order valence-electron chi connectivity index (χ1n) is 4.82. The van der Waals surface area contributed by atoms with E-state index in [1.54, 1.807) is 0 Å². The molecule has 0 rings (SSSR count). The van der Waals surface area contributed by atoms with Gasteiger partial charge in [0.25, 0.3) is 0 Å². The van der Waals surface area contributed by atoms with Gasteiger partial charge < -0.3 is 5.73 Å². The molecule has 0 aliphatic rings. The van der Waals surface area contributed by atoms with Crippen LogP contribution in [0.25, 0.3) is 0 Å². The van der Waals surface area contributed by atoms with Gasteiger partial charge in [-0.3, -0.25) is 9.63 Å². The zero-order valence-corrected chi connectivity index (χ0v) is 8.51. The number of carbonyl (C=O) groups excluding carboxylic acids is 1. The van der Waals surface area contributed by atoms with Gasteiger partial charge in [-0.05, 0) is 13.3 Å². The average molecular weight is 188 g/mol. The normalized spacial score (nSPS) is 12.8. The molecule has 4 heteroatoms. The molecule has 1 unspecified atom stereocenters. The van der Waals surface area contributed by atoms with E-state index in [4.69, 9.17) is 10.6 Å². The highest BCUT2D eigenvalue weighted by Gasteiger charge is 2.01. The third-order valence-electron chi connectivity index (χ3n) is 1.74. The molecule has 0 spiro atoms. The second-order valence-electron chi connectivity index (χ2n) is 3.27. The van der Waals surface area contributed by atoms with E-state index < -0.39 is 5.91 Å². The molecule has 78 valence electrons. The SMILES string of the molecule is CCCCCC(C)NOCC(N)=O. The minimum absolute atomic E-state index is 0.0574. The van der Waals surface area contributed by atoms with Crippen LogP contribution in [0, 0.1) is 0 Å². The monoisotopic (exact) mass is 188 g/mol. The van der Waals surface area contributed by atoms with E-state index in [9.17, 15) is 4.79 Å². The van der Waals surface area contributed by atoms with Gasteiger partial charge in [0.1, 0.15) is 6.61 Å². The first-order chi connectivity index (χ1) is 6.16. The van der Waals surface area contributed by atoms with E-state index in [2.05, 4.69) is 12.4 Å². The van der Waals surface area contributed by atoms with Gasteiger partial charge in [0.2, 0.25) is 5.91 Å². The van der Waals surface area contributed by atoms with Gasteiger partial charge in [-0.1, -0.05) is 26.2 Å². The first-order valence-corrected chi connectivity index (χ1v) is 4.82. The number of carbonyl (C=O) groups is 1. The van der Waals surface area contributed by atoms with Gasteiger partial charge in [0.05, 0.1) is 0 Å². The highest BCUT2D eigenvalue weighted by molar-refractivity contribution is 5.74. The van der Waals surface area contributed by atoms with Crippen LogP contribution in [0.5, 0.6) is 0 Å². The Morgan fingerprint density at radius 1 is 1.54 bits per heavy atom. The summed E-state index contributed by atoms with van der Waals surface area (Å²) < 4.78 is 0. The number of hydrogen-bond acceptors (Lipinski definition) is 3. The predicted octanol–water partition coefficient (Wildman–Crippen LogP) is 0.962. The van der Waals surface area contributed by atoms with Crippen molar-refractivity contribution in [3.8, 4) is 0 Å². The third-order valence-corrected chi connectivity index (χ3v) is 1.74. The Balaban J connectivity index is 3.19. The largest absolute Gasteiger partial charge is 0.368 e. The van der Waals surface area contributed by atoms with E-state index in [-0.39, 0.29) is 12.6 Å². The standard InChI is InChI=1S/C9H20N2O2/c1-3-4-5-6-8(2)11-13-7-9(10)12/h8,11H,3-7H2,1-2H3,(H2,10,12). The van der Waals surface area contributed by atoms with Crippen LogP contribution in [-0.2, 0) is 9.63 Å². The third kappa shape index (κ3) is 9.30. The van der Waals surface area contributed by atoms with Gasteiger partial charge >= 0.3 is 0 Å². The van der Waals surface area contributed by atoms with Crippen LogP contribution in [0.4, 0.5) is 0 Å². The minimum atomic E-state index is -0.451. The maximum atomic E-state index is 10.3. The Labute approximate surface area is 79.8 Å². The Morgan fingerprint density at radius 3 is 2.77 bits per heavy atom. The molecule has 0 saturated heterocycles. The Kier molecular flexibility index (Phi) is 7.63. The van der Waals surface area contributed by atoms with Crippen LogP contribution in [0.1, 0.15) is 39.5 Å². The molecule has 0 aromatic carbocycles. The van der Waals surface area contributed by atoms with E-state index >= 15 is 0 Å². The topological polar surface area (TPSA) is 64.3 Å². The van der Waals surface area contributed by atoms with Crippen LogP contribution in [0.3, 0.4) is 0 Å². The molecule has 13 heavy (non-hydrogen) atoms. The van der Waals surface area contributed by atoms with Crippen molar-refractivity contribution in [3.05, 3.63) is 0 Å². The molecule has 0 aliphatic carbocycles. The van der Waals surface area contributed by atoms with Crippen molar-refractivity contribution in [2.24, 2.45) is 5.73 Å². The number of nitrogens with one attached hydrogen (secondary N) is 1. The molecule has 0 radical (unpaired) electrons. The number of primary amides is 1. The molecule has 0 bridgehead atoms. The highest BCUT2D eigenvalue weighted by atomic mass is 16.6. The molecular weight excluding hydrogens is 168 g/mol. The molecule has 0 heterocycles. The first kappa shape index (κ1) is 12.4. The number of nitrogens with two attached hydrogens (primary N) is 1. The number of unbranched alkanes of at least 4 members (excludes halogenated alkanes) is 2. The zero-order valence-electron chi connectivity index (χ0n) is 8.51. The van der Waals surface area contributed by atoms with Crippen molar-refractivity contribution < 1.29 is 9.63 Å². The molecule has 1 atom stereocenters.